The summed E-state index contributed by atoms with van der Waals surface area (Å²) in [5.41, 5.74) is 2.63. The number of piperazine rings is 1. The van der Waals surface area contributed by atoms with Crippen LogP contribution in [0.15, 0.2) is 53.7 Å². The highest BCUT2D eigenvalue weighted by Crippen LogP contribution is 2.15. The molecular formula is C23H37IN6. The van der Waals surface area contributed by atoms with Gasteiger partial charge < -0.3 is 19.7 Å². The van der Waals surface area contributed by atoms with Crippen molar-refractivity contribution < 1.29 is 0 Å². The first kappa shape index (κ1) is 24.5. The second kappa shape index (κ2) is 12.8. The van der Waals surface area contributed by atoms with E-state index in [9.17, 15) is 0 Å². The summed E-state index contributed by atoms with van der Waals surface area (Å²) in [5.74, 6) is 0.989. The monoisotopic (exact) mass is 524 g/mol. The van der Waals surface area contributed by atoms with Crippen molar-refractivity contribution in [2.45, 2.75) is 19.9 Å². The van der Waals surface area contributed by atoms with Crippen LogP contribution in [-0.2, 0) is 13.6 Å². The van der Waals surface area contributed by atoms with Crippen molar-refractivity contribution in [3.8, 4) is 0 Å². The molecule has 30 heavy (non-hydrogen) atoms. The largest absolute Gasteiger partial charge is 0.369 e. The number of hydrogen-bond donors (Lipinski definition) is 1. The van der Waals surface area contributed by atoms with Gasteiger partial charge in [-0.25, -0.2) is 0 Å². The minimum absolute atomic E-state index is 0. The van der Waals surface area contributed by atoms with Crippen molar-refractivity contribution in [2.24, 2.45) is 12.0 Å². The van der Waals surface area contributed by atoms with Gasteiger partial charge in [0.2, 0.25) is 0 Å². The second-order valence-corrected chi connectivity index (χ2v) is 7.72. The molecule has 1 fully saturated rings. The highest BCUT2D eigenvalue weighted by molar-refractivity contribution is 14.0. The molecule has 7 heteroatoms. The molecule has 1 saturated heterocycles. The lowest BCUT2D eigenvalue weighted by atomic mass is 10.2. The third kappa shape index (κ3) is 7.19. The third-order valence-corrected chi connectivity index (χ3v) is 5.53. The molecule has 0 bridgehead atoms. The highest BCUT2D eigenvalue weighted by atomic mass is 127. The molecule has 0 amide bonds. The maximum atomic E-state index is 4.86. The molecule has 0 atom stereocenters. The lowest BCUT2D eigenvalue weighted by Crippen LogP contribution is -2.46. The lowest BCUT2D eigenvalue weighted by molar-refractivity contribution is 0.256. The molecule has 0 spiro atoms. The van der Waals surface area contributed by atoms with Crippen LogP contribution >= 0.6 is 24.0 Å². The molecule has 1 N–H and O–H groups in total. The van der Waals surface area contributed by atoms with Crippen molar-refractivity contribution in [2.75, 3.05) is 57.8 Å². The van der Waals surface area contributed by atoms with Crippen molar-refractivity contribution >= 4 is 35.6 Å². The van der Waals surface area contributed by atoms with Gasteiger partial charge in [0, 0.05) is 77.5 Å². The smallest absolute Gasteiger partial charge is 0.194 e. The van der Waals surface area contributed by atoms with Crippen LogP contribution in [0.5, 0.6) is 0 Å². The number of hydrogen-bond acceptors (Lipinski definition) is 3. The molecule has 6 nitrogen and oxygen atoms in total. The number of aliphatic imine (C=N–C) groups is 1. The predicted molar refractivity (Wildman–Crippen MR) is 138 cm³/mol. The Morgan fingerprint density at radius 2 is 1.80 bits per heavy atom. The Balaban J connectivity index is 0.00000320. The zero-order chi connectivity index (χ0) is 20.5. The predicted octanol–water partition coefficient (Wildman–Crippen LogP) is 3.25. The fourth-order valence-corrected chi connectivity index (χ4v) is 3.80. The second-order valence-electron chi connectivity index (χ2n) is 7.72. The van der Waals surface area contributed by atoms with Crippen molar-refractivity contribution in [1.29, 1.82) is 0 Å². The van der Waals surface area contributed by atoms with Crippen molar-refractivity contribution in [3.63, 3.8) is 0 Å². The number of aromatic nitrogens is 1. The van der Waals surface area contributed by atoms with Gasteiger partial charge in [-0.1, -0.05) is 18.2 Å². The minimum atomic E-state index is 0. The van der Waals surface area contributed by atoms with Crippen molar-refractivity contribution in [3.05, 3.63) is 54.4 Å². The Morgan fingerprint density at radius 3 is 2.43 bits per heavy atom. The SMILES string of the molecule is CCNC(=NCCCN1CCN(c2ccccc2)CC1)N(C)Cc1cccn1C.I. The van der Waals surface area contributed by atoms with E-state index in [0.29, 0.717) is 0 Å². The first-order chi connectivity index (χ1) is 14.2. The van der Waals surface area contributed by atoms with Crippen LogP contribution in [0.4, 0.5) is 5.69 Å². The molecule has 1 aromatic carbocycles. The Kier molecular flexibility index (Phi) is 10.5. The van der Waals surface area contributed by atoms with E-state index >= 15 is 0 Å². The van der Waals surface area contributed by atoms with Crippen LogP contribution in [0.2, 0.25) is 0 Å². The number of aryl methyl sites for hydroxylation is 1. The van der Waals surface area contributed by atoms with Crippen LogP contribution in [0, 0.1) is 0 Å². The van der Waals surface area contributed by atoms with Gasteiger partial charge in [0.15, 0.2) is 5.96 Å². The van der Waals surface area contributed by atoms with Crippen LogP contribution in [-0.4, -0.2) is 73.2 Å². The topological polar surface area (TPSA) is 39.0 Å². The Labute approximate surface area is 199 Å². The normalized spacial score (nSPS) is 15.0. The number of nitrogens with one attached hydrogen (secondary N) is 1. The Morgan fingerprint density at radius 1 is 1.07 bits per heavy atom. The summed E-state index contributed by atoms with van der Waals surface area (Å²) in [7, 11) is 4.20. The zero-order valence-corrected chi connectivity index (χ0v) is 21.0. The first-order valence-corrected chi connectivity index (χ1v) is 10.8. The van der Waals surface area contributed by atoms with Gasteiger partial charge >= 0.3 is 0 Å². The van der Waals surface area contributed by atoms with Gasteiger partial charge in [-0.3, -0.25) is 9.89 Å². The molecule has 0 radical (unpaired) electrons. The molecule has 166 valence electrons. The van der Waals surface area contributed by atoms with Crippen LogP contribution < -0.4 is 10.2 Å². The Bertz CT molecular complexity index is 752. The number of halogens is 1. The van der Waals surface area contributed by atoms with E-state index in [4.69, 9.17) is 4.99 Å². The van der Waals surface area contributed by atoms with Gasteiger partial charge in [-0.05, 0) is 37.6 Å². The number of anilines is 1. The summed E-state index contributed by atoms with van der Waals surface area (Å²) in [5, 5.41) is 3.42. The molecule has 1 aliphatic rings. The number of guanidine groups is 1. The van der Waals surface area contributed by atoms with Gasteiger partial charge in [-0.2, -0.15) is 0 Å². The summed E-state index contributed by atoms with van der Waals surface area (Å²) in [6, 6.07) is 15.0. The minimum Gasteiger partial charge on any atom is -0.369 e. The van der Waals surface area contributed by atoms with Crippen molar-refractivity contribution in [1.82, 2.24) is 19.7 Å². The van der Waals surface area contributed by atoms with Gasteiger partial charge in [0.1, 0.15) is 0 Å². The van der Waals surface area contributed by atoms with E-state index in [0.717, 1.165) is 64.7 Å². The van der Waals surface area contributed by atoms with Crippen LogP contribution in [0.1, 0.15) is 19.0 Å². The summed E-state index contributed by atoms with van der Waals surface area (Å²) in [6.45, 7) is 10.3. The third-order valence-electron chi connectivity index (χ3n) is 5.53. The summed E-state index contributed by atoms with van der Waals surface area (Å²) < 4.78 is 2.16. The van der Waals surface area contributed by atoms with E-state index in [-0.39, 0.29) is 24.0 Å². The fourth-order valence-electron chi connectivity index (χ4n) is 3.80. The van der Waals surface area contributed by atoms with Crippen LogP contribution in [0.25, 0.3) is 0 Å². The first-order valence-electron chi connectivity index (χ1n) is 10.8. The quantitative estimate of drug-likeness (QED) is 0.249. The maximum absolute atomic E-state index is 4.86. The van der Waals surface area contributed by atoms with Crippen LogP contribution in [0.3, 0.4) is 0 Å². The maximum Gasteiger partial charge on any atom is 0.194 e. The molecule has 0 aliphatic carbocycles. The number of benzene rings is 1. The Hall–Kier alpha value is -1.74. The molecule has 0 saturated carbocycles. The van der Waals surface area contributed by atoms with E-state index in [1.807, 2.05) is 0 Å². The average molecular weight is 524 g/mol. The summed E-state index contributed by atoms with van der Waals surface area (Å²) in [6.07, 6.45) is 3.18. The number of nitrogens with zero attached hydrogens (tertiary/aromatic N) is 5. The van der Waals surface area contributed by atoms with Gasteiger partial charge in [-0.15, -0.1) is 24.0 Å². The van der Waals surface area contributed by atoms with Gasteiger partial charge in [0.05, 0.1) is 6.54 Å². The highest BCUT2D eigenvalue weighted by Gasteiger charge is 2.16. The molecular weight excluding hydrogens is 487 g/mol. The summed E-state index contributed by atoms with van der Waals surface area (Å²) >= 11 is 0. The molecule has 1 aromatic heterocycles. The molecule has 2 aromatic rings. The van der Waals surface area contributed by atoms with E-state index in [2.05, 4.69) is 94.3 Å². The molecule has 0 unspecified atom stereocenters. The van der Waals surface area contributed by atoms with E-state index in [1.54, 1.807) is 0 Å². The number of para-hydroxylation sites is 1. The fraction of sp³-hybridized carbons (Fsp3) is 0.522. The number of rotatable bonds is 8. The zero-order valence-electron chi connectivity index (χ0n) is 18.6. The average Bonchev–Trinajstić information content (AvgIpc) is 3.15. The molecule has 2 heterocycles. The van der Waals surface area contributed by atoms with E-state index < -0.39 is 0 Å². The summed E-state index contributed by atoms with van der Waals surface area (Å²) in [4.78, 5) is 12.1. The molecule has 1 aliphatic heterocycles. The van der Waals surface area contributed by atoms with E-state index in [1.165, 1.54) is 11.4 Å². The van der Waals surface area contributed by atoms with Gasteiger partial charge in [0.25, 0.3) is 0 Å². The molecule has 3 rings (SSSR count). The lowest BCUT2D eigenvalue weighted by Gasteiger charge is -2.36. The standard InChI is InChI=1S/C23H36N6.HI/c1-4-24-23(27(3)20-22-12-8-14-26(22)2)25-13-9-15-28-16-18-29(19-17-28)21-10-6-5-7-11-21;/h5-8,10-12,14H,4,9,13,15-20H2,1-3H3,(H,24,25);1H.